The van der Waals surface area contributed by atoms with Crippen LogP contribution >= 0.6 is 15.9 Å². The molecule has 2 aromatic carbocycles. The van der Waals surface area contributed by atoms with Gasteiger partial charge in [0.25, 0.3) is 0 Å². The van der Waals surface area contributed by atoms with Gasteiger partial charge in [-0.1, -0.05) is 34.1 Å². The Bertz CT molecular complexity index is 567. The summed E-state index contributed by atoms with van der Waals surface area (Å²) in [6, 6.07) is 15.7. The molecule has 0 aromatic heterocycles. The molecule has 0 bridgehead atoms. The first-order chi connectivity index (χ1) is 8.59. The molecule has 3 N–H and O–H groups in total. The van der Waals surface area contributed by atoms with Gasteiger partial charge in [0.1, 0.15) is 5.84 Å². The second-order valence-corrected chi connectivity index (χ2v) is 4.89. The maximum absolute atomic E-state index is 7.66. The third-order valence-corrected chi connectivity index (χ3v) is 3.25. The monoisotopic (exact) mass is 303 g/mol. The van der Waals surface area contributed by atoms with E-state index >= 15 is 0 Å². The van der Waals surface area contributed by atoms with Gasteiger partial charge in [0, 0.05) is 22.8 Å². The van der Waals surface area contributed by atoms with Gasteiger partial charge in [0.05, 0.1) is 5.69 Å². The van der Waals surface area contributed by atoms with Gasteiger partial charge < -0.3 is 10.6 Å². The van der Waals surface area contributed by atoms with Crippen molar-refractivity contribution in [3.8, 4) is 0 Å². The molecule has 0 atom stereocenters. The van der Waals surface area contributed by atoms with Crippen LogP contribution in [0, 0.1) is 5.41 Å². The standard InChI is InChI=1S/C14H14BrN3/c1-18(11-5-3-2-4-6-11)13-8-7-10(15)9-12(13)14(16)17/h2-9H,1H3,(H3,16,17). The molecule has 0 heterocycles. The van der Waals surface area contributed by atoms with Gasteiger partial charge >= 0.3 is 0 Å². The first-order valence-corrected chi connectivity index (χ1v) is 6.31. The minimum Gasteiger partial charge on any atom is -0.384 e. The van der Waals surface area contributed by atoms with E-state index in [1.165, 1.54) is 0 Å². The van der Waals surface area contributed by atoms with Crippen LogP contribution in [0.5, 0.6) is 0 Å². The number of hydrogen-bond acceptors (Lipinski definition) is 2. The van der Waals surface area contributed by atoms with Crippen molar-refractivity contribution in [3.05, 3.63) is 58.6 Å². The summed E-state index contributed by atoms with van der Waals surface area (Å²) in [5, 5.41) is 7.66. The highest BCUT2D eigenvalue weighted by atomic mass is 79.9. The molecule has 0 aliphatic carbocycles. The van der Waals surface area contributed by atoms with Crippen LogP contribution in [-0.4, -0.2) is 12.9 Å². The van der Waals surface area contributed by atoms with E-state index in [0.717, 1.165) is 21.4 Å². The van der Waals surface area contributed by atoms with Crippen LogP contribution in [0.3, 0.4) is 0 Å². The van der Waals surface area contributed by atoms with E-state index in [9.17, 15) is 0 Å². The van der Waals surface area contributed by atoms with Gasteiger partial charge in [-0.25, -0.2) is 0 Å². The Morgan fingerprint density at radius 3 is 2.44 bits per heavy atom. The fourth-order valence-electron chi connectivity index (χ4n) is 1.81. The van der Waals surface area contributed by atoms with Crippen LogP contribution in [0.25, 0.3) is 0 Å². The summed E-state index contributed by atoms with van der Waals surface area (Å²) < 4.78 is 0.915. The zero-order valence-corrected chi connectivity index (χ0v) is 11.6. The van der Waals surface area contributed by atoms with Crippen LogP contribution in [0.2, 0.25) is 0 Å². The molecular formula is C14H14BrN3. The van der Waals surface area contributed by atoms with E-state index in [0.29, 0.717) is 0 Å². The third-order valence-electron chi connectivity index (χ3n) is 2.75. The Morgan fingerprint density at radius 1 is 1.17 bits per heavy atom. The molecule has 0 spiro atoms. The molecule has 0 unspecified atom stereocenters. The van der Waals surface area contributed by atoms with E-state index in [4.69, 9.17) is 11.1 Å². The lowest BCUT2D eigenvalue weighted by molar-refractivity contribution is 1.20. The molecule has 4 heteroatoms. The van der Waals surface area contributed by atoms with Crippen LogP contribution in [0.4, 0.5) is 11.4 Å². The van der Waals surface area contributed by atoms with E-state index in [2.05, 4.69) is 15.9 Å². The number of benzene rings is 2. The zero-order chi connectivity index (χ0) is 13.1. The number of anilines is 2. The minimum absolute atomic E-state index is 0.0640. The quantitative estimate of drug-likeness (QED) is 0.673. The summed E-state index contributed by atoms with van der Waals surface area (Å²) in [4.78, 5) is 2.02. The summed E-state index contributed by atoms with van der Waals surface area (Å²) in [5.74, 6) is 0.0640. The molecule has 0 aliphatic rings. The summed E-state index contributed by atoms with van der Waals surface area (Å²) >= 11 is 3.40. The average molecular weight is 304 g/mol. The van der Waals surface area contributed by atoms with Crippen molar-refractivity contribution in [2.75, 3.05) is 11.9 Å². The first-order valence-electron chi connectivity index (χ1n) is 5.52. The van der Waals surface area contributed by atoms with Crippen molar-refractivity contribution >= 4 is 33.1 Å². The molecule has 2 rings (SSSR count). The van der Waals surface area contributed by atoms with Gasteiger partial charge in [0.15, 0.2) is 0 Å². The lowest BCUT2D eigenvalue weighted by Gasteiger charge is -2.22. The van der Waals surface area contributed by atoms with Gasteiger partial charge in [0.2, 0.25) is 0 Å². The molecule has 0 saturated heterocycles. The van der Waals surface area contributed by atoms with E-state index < -0.39 is 0 Å². The van der Waals surface area contributed by atoms with Crippen LogP contribution in [-0.2, 0) is 0 Å². The molecule has 0 radical (unpaired) electrons. The SMILES string of the molecule is CN(c1ccccc1)c1ccc(Br)cc1C(=N)N. The molecule has 0 amide bonds. The van der Waals surface area contributed by atoms with Crippen LogP contribution < -0.4 is 10.6 Å². The van der Waals surface area contributed by atoms with Gasteiger partial charge in [-0.15, -0.1) is 0 Å². The summed E-state index contributed by atoms with van der Waals surface area (Å²) in [5.41, 5.74) is 8.32. The van der Waals surface area contributed by atoms with Crippen molar-refractivity contribution < 1.29 is 0 Å². The van der Waals surface area contributed by atoms with Crippen molar-refractivity contribution in [1.82, 2.24) is 0 Å². The average Bonchev–Trinajstić information content (AvgIpc) is 2.39. The number of hydrogen-bond donors (Lipinski definition) is 2. The second-order valence-electron chi connectivity index (χ2n) is 3.97. The number of amidine groups is 1. The normalized spacial score (nSPS) is 10.1. The highest BCUT2D eigenvalue weighted by Gasteiger charge is 2.11. The highest BCUT2D eigenvalue weighted by Crippen LogP contribution is 2.28. The Morgan fingerprint density at radius 2 is 1.83 bits per heavy atom. The zero-order valence-electron chi connectivity index (χ0n) is 10.0. The number of nitrogens with zero attached hydrogens (tertiary/aromatic N) is 1. The Labute approximate surface area is 115 Å². The maximum Gasteiger partial charge on any atom is 0.124 e. The molecule has 92 valence electrons. The van der Waals surface area contributed by atoms with E-state index in [1.54, 1.807) is 0 Å². The fraction of sp³-hybridized carbons (Fsp3) is 0.0714. The van der Waals surface area contributed by atoms with Crippen molar-refractivity contribution in [1.29, 1.82) is 5.41 Å². The summed E-state index contributed by atoms with van der Waals surface area (Å²) in [6.45, 7) is 0. The predicted octanol–water partition coefficient (Wildman–Crippen LogP) is 3.50. The number of halogens is 1. The number of rotatable bonds is 3. The van der Waals surface area contributed by atoms with Crippen LogP contribution in [0.1, 0.15) is 5.56 Å². The molecular weight excluding hydrogens is 290 g/mol. The molecule has 3 nitrogen and oxygen atoms in total. The van der Waals surface area contributed by atoms with Gasteiger partial charge in [-0.05, 0) is 30.3 Å². The van der Waals surface area contributed by atoms with Crippen molar-refractivity contribution in [3.63, 3.8) is 0 Å². The Kier molecular flexibility index (Phi) is 3.67. The molecule has 0 fully saturated rings. The lowest BCUT2D eigenvalue weighted by Crippen LogP contribution is -2.18. The number of nitrogens with one attached hydrogen (secondary N) is 1. The first kappa shape index (κ1) is 12.6. The van der Waals surface area contributed by atoms with Gasteiger partial charge in [-0.3, -0.25) is 5.41 Å². The topological polar surface area (TPSA) is 53.1 Å². The van der Waals surface area contributed by atoms with Crippen LogP contribution in [0.15, 0.2) is 53.0 Å². The summed E-state index contributed by atoms with van der Waals surface area (Å²) in [7, 11) is 1.96. The van der Waals surface area contributed by atoms with E-state index in [1.807, 2.05) is 60.5 Å². The molecule has 18 heavy (non-hydrogen) atoms. The number of para-hydroxylation sites is 1. The predicted molar refractivity (Wildman–Crippen MR) is 79.7 cm³/mol. The van der Waals surface area contributed by atoms with E-state index in [-0.39, 0.29) is 5.84 Å². The molecule has 0 aliphatic heterocycles. The number of nitrogen functional groups attached to an aromatic ring is 1. The maximum atomic E-state index is 7.66. The minimum atomic E-state index is 0.0640. The molecule has 0 saturated carbocycles. The highest BCUT2D eigenvalue weighted by molar-refractivity contribution is 9.10. The second kappa shape index (κ2) is 5.23. The summed E-state index contributed by atoms with van der Waals surface area (Å²) in [6.07, 6.45) is 0. The third kappa shape index (κ3) is 2.54. The lowest BCUT2D eigenvalue weighted by atomic mass is 10.1. The Hall–Kier alpha value is -1.81. The Balaban J connectivity index is 2.48. The molecule has 2 aromatic rings. The largest absolute Gasteiger partial charge is 0.384 e. The smallest absolute Gasteiger partial charge is 0.124 e. The van der Waals surface area contributed by atoms with Crippen molar-refractivity contribution in [2.24, 2.45) is 5.73 Å². The number of nitrogens with two attached hydrogens (primary N) is 1. The van der Waals surface area contributed by atoms with Gasteiger partial charge in [-0.2, -0.15) is 0 Å². The fourth-order valence-corrected chi connectivity index (χ4v) is 2.17. The van der Waals surface area contributed by atoms with Crippen molar-refractivity contribution in [2.45, 2.75) is 0 Å².